The molecule has 3 atom stereocenters. The number of aromatic amines is 1. The number of amides is 2. The SMILES string of the molecule is CO[C@@]1(C(=O)Nc2ccc3[nH]nc(-c4ccc(F)nc4)c3c2)CCN(CC(=O)N2C[C@H]3C[C@@H]2CN3c2ccc(-c3ncccn3)cc2)C1. The van der Waals surface area contributed by atoms with Crippen molar-refractivity contribution < 1.29 is 18.7 Å². The Morgan fingerprint density at radius 2 is 1.83 bits per heavy atom. The van der Waals surface area contributed by atoms with Crippen LogP contribution in [0.25, 0.3) is 33.5 Å². The van der Waals surface area contributed by atoms with Gasteiger partial charge in [0.15, 0.2) is 11.4 Å². The number of likely N-dealkylation sites (tertiary alicyclic amines) is 2. The topological polar surface area (TPSA) is 132 Å². The van der Waals surface area contributed by atoms with Gasteiger partial charge in [-0.25, -0.2) is 15.0 Å². The van der Waals surface area contributed by atoms with Gasteiger partial charge in [0.2, 0.25) is 11.9 Å². The van der Waals surface area contributed by atoms with Gasteiger partial charge in [-0.1, -0.05) is 0 Å². The molecular weight excluding hydrogens is 613 g/mol. The molecule has 3 saturated heterocycles. The van der Waals surface area contributed by atoms with Gasteiger partial charge in [0, 0.05) is 85.8 Å². The van der Waals surface area contributed by atoms with Crippen molar-refractivity contribution in [2.75, 3.05) is 50.1 Å². The largest absolute Gasteiger partial charge is 0.367 e. The zero-order valence-electron chi connectivity index (χ0n) is 26.3. The molecule has 0 spiro atoms. The fourth-order valence-corrected chi connectivity index (χ4v) is 7.33. The number of rotatable bonds is 8. The van der Waals surface area contributed by atoms with Crippen LogP contribution in [0.15, 0.2) is 79.3 Å². The summed E-state index contributed by atoms with van der Waals surface area (Å²) in [5.41, 5.74) is 3.64. The number of ether oxygens (including phenoxy) is 1. The maximum Gasteiger partial charge on any atom is 0.258 e. The van der Waals surface area contributed by atoms with E-state index in [9.17, 15) is 14.0 Å². The molecule has 3 aromatic heterocycles. The van der Waals surface area contributed by atoms with Crippen molar-refractivity contribution >= 4 is 34.1 Å². The Balaban J connectivity index is 0.884. The molecule has 2 N–H and O–H groups in total. The Morgan fingerprint density at radius 1 is 1.02 bits per heavy atom. The number of aromatic nitrogens is 5. The number of methoxy groups -OCH3 is 1. The van der Waals surface area contributed by atoms with E-state index in [4.69, 9.17) is 4.74 Å². The Labute approximate surface area is 275 Å². The maximum atomic E-state index is 13.7. The lowest BCUT2D eigenvalue weighted by atomic mass is 10.0. The van der Waals surface area contributed by atoms with Crippen molar-refractivity contribution in [3.05, 3.63) is 85.2 Å². The van der Waals surface area contributed by atoms with Gasteiger partial charge in [0.05, 0.1) is 18.1 Å². The molecule has 0 radical (unpaired) electrons. The zero-order chi connectivity index (χ0) is 32.8. The first-order valence-electron chi connectivity index (χ1n) is 16.0. The third kappa shape index (κ3) is 5.44. The molecule has 3 aliphatic rings. The molecule has 48 heavy (non-hydrogen) atoms. The highest BCUT2D eigenvalue weighted by Gasteiger charge is 2.48. The Bertz CT molecular complexity index is 1970. The number of halogens is 1. The molecule has 8 rings (SSSR count). The van der Waals surface area contributed by atoms with E-state index in [0.29, 0.717) is 48.8 Å². The molecular formula is C35H34FN9O3. The fourth-order valence-electron chi connectivity index (χ4n) is 7.33. The monoisotopic (exact) mass is 647 g/mol. The third-order valence-electron chi connectivity index (χ3n) is 9.88. The highest BCUT2D eigenvalue weighted by molar-refractivity contribution is 6.01. The molecule has 12 nitrogen and oxygen atoms in total. The number of H-pyrrole nitrogens is 1. The number of hydrogen-bond donors (Lipinski definition) is 2. The van der Waals surface area contributed by atoms with E-state index in [1.54, 1.807) is 30.6 Å². The summed E-state index contributed by atoms with van der Waals surface area (Å²) in [6.07, 6.45) is 6.31. The van der Waals surface area contributed by atoms with Crippen LogP contribution in [0.1, 0.15) is 12.8 Å². The summed E-state index contributed by atoms with van der Waals surface area (Å²) in [7, 11) is 1.54. The number of benzene rings is 2. The lowest BCUT2D eigenvalue weighted by molar-refractivity contribution is -0.138. The molecule has 2 aromatic carbocycles. The summed E-state index contributed by atoms with van der Waals surface area (Å²) in [4.78, 5) is 46.0. The highest BCUT2D eigenvalue weighted by Crippen LogP contribution is 2.36. The van der Waals surface area contributed by atoms with Crippen LogP contribution >= 0.6 is 0 Å². The molecule has 244 valence electrons. The van der Waals surface area contributed by atoms with Crippen molar-refractivity contribution in [1.29, 1.82) is 0 Å². The highest BCUT2D eigenvalue weighted by atomic mass is 19.1. The van der Waals surface area contributed by atoms with Crippen LogP contribution in [0.3, 0.4) is 0 Å². The number of anilines is 2. The van der Waals surface area contributed by atoms with Crippen molar-refractivity contribution in [3.63, 3.8) is 0 Å². The predicted octanol–water partition coefficient (Wildman–Crippen LogP) is 3.74. The summed E-state index contributed by atoms with van der Waals surface area (Å²) >= 11 is 0. The second kappa shape index (κ2) is 12.1. The van der Waals surface area contributed by atoms with E-state index in [-0.39, 0.29) is 30.4 Å². The molecule has 2 amide bonds. The molecule has 0 unspecified atom stereocenters. The van der Waals surface area contributed by atoms with Crippen LogP contribution in [0.4, 0.5) is 15.8 Å². The molecule has 0 saturated carbocycles. The van der Waals surface area contributed by atoms with Crippen LogP contribution < -0.4 is 10.2 Å². The minimum absolute atomic E-state index is 0.0826. The van der Waals surface area contributed by atoms with Crippen molar-refractivity contribution in [1.82, 2.24) is 34.9 Å². The number of piperazine rings is 1. The van der Waals surface area contributed by atoms with E-state index in [0.717, 1.165) is 35.1 Å². The van der Waals surface area contributed by atoms with Crippen molar-refractivity contribution in [2.45, 2.75) is 30.5 Å². The predicted molar refractivity (Wildman–Crippen MR) is 177 cm³/mol. The molecule has 13 heteroatoms. The Kier molecular flexibility index (Phi) is 7.57. The number of hydrogen-bond acceptors (Lipinski definition) is 9. The number of pyridine rings is 1. The summed E-state index contributed by atoms with van der Waals surface area (Å²) in [5.74, 6) is -0.0557. The first kappa shape index (κ1) is 30.1. The van der Waals surface area contributed by atoms with Gasteiger partial charge in [-0.3, -0.25) is 19.6 Å². The van der Waals surface area contributed by atoms with E-state index >= 15 is 0 Å². The Morgan fingerprint density at radius 3 is 2.56 bits per heavy atom. The average Bonchev–Trinajstić information content (AvgIpc) is 3.93. The summed E-state index contributed by atoms with van der Waals surface area (Å²) in [5, 5.41) is 11.1. The van der Waals surface area contributed by atoms with Gasteiger partial charge in [-0.05, 0) is 73.5 Å². The number of fused-ring (bicyclic) bond motifs is 3. The molecule has 3 aliphatic heterocycles. The minimum Gasteiger partial charge on any atom is -0.367 e. The van der Waals surface area contributed by atoms with Crippen LogP contribution in [0.2, 0.25) is 0 Å². The lowest BCUT2D eigenvalue weighted by Gasteiger charge is -2.36. The van der Waals surface area contributed by atoms with Gasteiger partial charge in [-0.15, -0.1) is 0 Å². The maximum absolute atomic E-state index is 13.7. The van der Waals surface area contributed by atoms with Crippen LogP contribution in [0, 0.1) is 5.95 Å². The quantitative estimate of drug-likeness (QED) is 0.242. The van der Waals surface area contributed by atoms with E-state index in [1.165, 1.54) is 19.4 Å². The first-order valence-corrected chi connectivity index (χ1v) is 16.0. The molecule has 6 heterocycles. The van der Waals surface area contributed by atoms with Crippen molar-refractivity contribution in [3.8, 4) is 22.6 Å². The van der Waals surface area contributed by atoms with E-state index < -0.39 is 11.5 Å². The van der Waals surface area contributed by atoms with Crippen LogP contribution in [-0.2, 0) is 14.3 Å². The number of nitrogens with one attached hydrogen (secondary N) is 2. The van der Waals surface area contributed by atoms with E-state index in [1.807, 2.05) is 34.1 Å². The first-order chi connectivity index (χ1) is 23.4. The third-order valence-corrected chi connectivity index (χ3v) is 9.88. The normalized spacial score (nSPS) is 22.1. The smallest absolute Gasteiger partial charge is 0.258 e. The number of nitrogens with zero attached hydrogens (tertiary/aromatic N) is 7. The lowest BCUT2D eigenvalue weighted by Crippen LogP contribution is -2.52. The number of carbonyl (C=O) groups excluding carboxylic acids is 2. The van der Waals surface area contributed by atoms with Crippen LogP contribution in [-0.4, -0.2) is 104 Å². The van der Waals surface area contributed by atoms with Gasteiger partial charge in [-0.2, -0.15) is 9.49 Å². The molecule has 0 aliphatic carbocycles. The summed E-state index contributed by atoms with van der Waals surface area (Å²) in [6, 6.07) is 18.9. The molecule has 5 aromatic rings. The van der Waals surface area contributed by atoms with Crippen molar-refractivity contribution in [2.24, 2.45) is 0 Å². The Hall–Kier alpha value is -5.27. The standard InChI is InChI=1S/C35H34FN9O3/c1-48-35(34(47)40-24-6-9-29-28(15-24)32(42-41-29)23-5-10-30(36)39-17-23)11-14-43(21-35)20-31(46)45-19-26-16-27(45)18-44(26)25-7-3-22(4-8-25)33-37-12-2-13-38-33/h2-10,12-13,15,17,26-27H,11,14,16,18-21H2,1H3,(H,40,47)(H,41,42)/t26-,27-,35+/m1/s1. The second-order valence-electron chi connectivity index (χ2n) is 12.7. The average molecular weight is 648 g/mol. The van der Waals surface area contributed by atoms with Crippen LogP contribution in [0.5, 0.6) is 0 Å². The van der Waals surface area contributed by atoms with Gasteiger partial charge in [0.1, 0.15) is 5.69 Å². The molecule has 2 bridgehead atoms. The summed E-state index contributed by atoms with van der Waals surface area (Å²) in [6.45, 7) is 2.60. The van der Waals surface area contributed by atoms with Gasteiger partial charge in [0.25, 0.3) is 5.91 Å². The fraction of sp³-hybridized carbons (Fsp3) is 0.314. The second-order valence-corrected chi connectivity index (χ2v) is 12.7. The van der Waals surface area contributed by atoms with Gasteiger partial charge >= 0.3 is 0 Å². The zero-order valence-corrected chi connectivity index (χ0v) is 26.3. The van der Waals surface area contributed by atoms with Gasteiger partial charge < -0.3 is 19.9 Å². The number of carbonyl (C=O) groups is 2. The molecule has 3 fully saturated rings. The summed E-state index contributed by atoms with van der Waals surface area (Å²) < 4.78 is 19.2. The van der Waals surface area contributed by atoms with E-state index in [2.05, 4.69) is 47.5 Å². The minimum atomic E-state index is -1.09.